The van der Waals surface area contributed by atoms with Crippen LogP contribution in [0.15, 0.2) is 18.3 Å². The number of pyridine rings is 1. The van der Waals surface area contributed by atoms with Gasteiger partial charge in [-0.05, 0) is 38.1 Å². The molecule has 0 spiro atoms. The molecule has 1 fully saturated rings. The van der Waals surface area contributed by atoms with E-state index in [9.17, 15) is 0 Å². The monoisotopic (exact) mass is 239 g/mol. The Morgan fingerprint density at radius 3 is 3.06 bits per heavy atom. The average molecular weight is 240 g/mol. The van der Waals surface area contributed by atoms with Crippen molar-refractivity contribution in [1.29, 1.82) is 0 Å². The molecular formula is C12H18ClN3. The van der Waals surface area contributed by atoms with Crippen LogP contribution >= 0.6 is 11.6 Å². The molecule has 2 rings (SSSR count). The fourth-order valence-electron chi connectivity index (χ4n) is 2.13. The number of hydrogen-bond acceptors (Lipinski definition) is 3. The van der Waals surface area contributed by atoms with Gasteiger partial charge < -0.3 is 5.32 Å². The van der Waals surface area contributed by atoms with Gasteiger partial charge in [-0.3, -0.25) is 4.90 Å². The first-order valence-corrected chi connectivity index (χ1v) is 6.15. The number of hydrogen-bond donors (Lipinski definition) is 1. The van der Waals surface area contributed by atoms with Crippen LogP contribution in [0.4, 0.5) is 0 Å². The van der Waals surface area contributed by atoms with E-state index in [0.29, 0.717) is 11.2 Å². The molecule has 4 heteroatoms. The van der Waals surface area contributed by atoms with Crippen LogP contribution in [0.1, 0.15) is 18.4 Å². The highest BCUT2D eigenvalue weighted by molar-refractivity contribution is 6.29. The third-order valence-corrected chi connectivity index (χ3v) is 3.34. The van der Waals surface area contributed by atoms with E-state index in [1.807, 2.05) is 18.3 Å². The molecule has 0 bridgehead atoms. The van der Waals surface area contributed by atoms with E-state index >= 15 is 0 Å². The van der Waals surface area contributed by atoms with Gasteiger partial charge >= 0.3 is 0 Å². The Balaban J connectivity index is 1.90. The molecule has 16 heavy (non-hydrogen) atoms. The van der Waals surface area contributed by atoms with Gasteiger partial charge in [-0.15, -0.1) is 0 Å². The molecule has 0 amide bonds. The molecule has 1 saturated heterocycles. The van der Waals surface area contributed by atoms with Gasteiger partial charge in [-0.1, -0.05) is 17.7 Å². The predicted molar refractivity (Wildman–Crippen MR) is 66.6 cm³/mol. The Hall–Kier alpha value is -0.640. The second-order valence-electron chi connectivity index (χ2n) is 4.40. The van der Waals surface area contributed by atoms with Crippen molar-refractivity contribution in [2.75, 3.05) is 20.1 Å². The molecule has 2 heterocycles. The topological polar surface area (TPSA) is 28.2 Å². The second kappa shape index (κ2) is 5.62. The lowest BCUT2D eigenvalue weighted by Gasteiger charge is -2.31. The predicted octanol–water partition coefficient (Wildman–Crippen LogP) is 1.92. The van der Waals surface area contributed by atoms with Crippen LogP contribution in [-0.2, 0) is 6.54 Å². The summed E-state index contributed by atoms with van der Waals surface area (Å²) in [5.74, 6) is 0. The maximum absolute atomic E-state index is 5.76. The van der Waals surface area contributed by atoms with Crippen LogP contribution in [0.3, 0.4) is 0 Å². The Labute approximate surface area is 102 Å². The molecule has 1 unspecified atom stereocenters. The SMILES string of the molecule is CN(Cc1ccc(Cl)nc1)C1CCCNC1. The van der Waals surface area contributed by atoms with Crippen molar-refractivity contribution in [3.8, 4) is 0 Å². The normalized spacial score (nSPS) is 21.3. The molecule has 1 aromatic heterocycles. The number of likely N-dealkylation sites (N-methyl/N-ethyl adjacent to an activating group) is 1. The summed E-state index contributed by atoms with van der Waals surface area (Å²) in [6.07, 6.45) is 4.41. The number of piperidine rings is 1. The van der Waals surface area contributed by atoms with Crippen LogP contribution in [0.25, 0.3) is 0 Å². The first-order chi connectivity index (χ1) is 7.75. The number of nitrogens with zero attached hydrogens (tertiary/aromatic N) is 2. The van der Waals surface area contributed by atoms with E-state index in [0.717, 1.165) is 19.6 Å². The lowest BCUT2D eigenvalue weighted by atomic mass is 10.1. The first-order valence-electron chi connectivity index (χ1n) is 5.77. The third-order valence-electron chi connectivity index (χ3n) is 3.11. The van der Waals surface area contributed by atoms with Gasteiger partial charge in [0.05, 0.1) is 0 Å². The van der Waals surface area contributed by atoms with E-state index in [1.54, 1.807) is 0 Å². The first kappa shape index (κ1) is 11.8. The number of halogens is 1. The minimum atomic E-state index is 0.561. The summed E-state index contributed by atoms with van der Waals surface area (Å²) in [7, 11) is 2.17. The smallest absolute Gasteiger partial charge is 0.129 e. The van der Waals surface area contributed by atoms with Crippen molar-refractivity contribution in [2.45, 2.75) is 25.4 Å². The van der Waals surface area contributed by atoms with Crippen molar-refractivity contribution in [3.05, 3.63) is 29.0 Å². The van der Waals surface area contributed by atoms with Gasteiger partial charge in [0.25, 0.3) is 0 Å². The van der Waals surface area contributed by atoms with E-state index in [-0.39, 0.29) is 0 Å². The number of nitrogens with one attached hydrogen (secondary N) is 1. The maximum atomic E-state index is 5.76. The highest BCUT2D eigenvalue weighted by Gasteiger charge is 2.17. The zero-order chi connectivity index (χ0) is 11.4. The lowest BCUT2D eigenvalue weighted by molar-refractivity contribution is 0.195. The van der Waals surface area contributed by atoms with Gasteiger partial charge in [0.15, 0.2) is 0 Å². The van der Waals surface area contributed by atoms with Crippen molar-refractivity contribution in [2.24, 2.45) is 0 Å². The fraction of sp³-hybridized carbons (Fsp3) is 0.583. The molecule has 88 valence electrons. The molecule has 0 radical (unpaired) electrons. The van der Waals surface area contributed by atoms with E-state index in [1.165, 1.54) is 18.4 Å². The van der Waals surface area contributed by atoms with Crippen LogP contribution in [0.5, 0.6) is 0 Å². The summed E-state index contributed by atoms with van der Waals surface area (Å²) in [5.41, 5.74) is 1.22. The Bertz CT molecular complexity index is 320. The van der Waals surface area contributed by atoms with Crippen molar-refractivity contribution in [1.82, 2.24) is 15.2 Å². The summed E-state index contributed by atoms with van der Waals surface area (Å²) in [5, 5.41) is 3.99. The van der Waals surface area contributed by atoms with Crippen molar-refractivity contribution >= 4 is 11.6 Å². The Morgan fingerprint density at radius 2 is 2.44 bits per heavy atom. The van der Waals surface area contributed by atoms with Crippen LogP contribution in [-0.4, -0.2) is 36.1 Å². The van der Waals surface area contributed by atoms with Crippen molar-refractivity contribution in [3.63, 3.8) is 0 Å². The summed E-state index contributed by atoms with van der Waals surface area (Å²) in [4.78, 5) is 6.49. The Morgan fingerprint density at radius 1 is 1.56 bits per heavy atom. The molecule has 0 aromatic carbocycles. The molecule has 0 aliphatic carbocycles. The molecule has 1 aliphatic heterocycles. The molecule has 3 nitrogen and oxygen atoms in total. The zero-order valence-corrected chi connectivity index (χ0v) is 10.4. The van der Waals surface area contributed by atoms with Crippen molar-refractivity contribution < 1.29 is 0 Å². The quantitative estimate of drug-likeness (QED) is 0.817. The van der Waals surface area contributed by atoms with Gasteiger partial charge in [-0.2, -0.15) is 0 Å². The standard InChI is InChI=1S/C12H18ClN3/c1-16(11-3-2-6-14-8-11)9-10-4-5-12(13)15-7-10/h4-5,7,11,14H,2-3,6,8-9H2,1H3. The highest BCUT2D eigenvalue weighted by atomic mass is 35.5. The van der Waals surface area contributed by atoms with Crippen LogP contribution in [0.2, 0.25) is 5.15 Å². The molecular weight excluding hydrogens is 222 g/mol. The van der Waals surface area contributed by atoms with Gasteiger partial charge in [-0.25, -0.2) is 4.98 Å². The van der Waals surface area contributed by atoms with E-state index in [2.05, 4.69) is 22.2 Å². The second-order valence-corrected chi connectivity index (χ2v) is 4.79. The maximum Gasteiger partial charge on any atom is 0.129 e. The summed E-state index contributed by atoms with van der Waals surface area (Å²) in [6, 6.07) is 4.54. The van der Waals surface area contributed by atoms with E-state index < -0.39 is 0 Å². The number of aromatic nitrogens is 1. The van der Waals surface area contributed by atoms with Gasteiger partial charge in [0.2, 0.25) is 0 Å². The molecule has 1 aromatic rings. The van der Waals surface area contributed by atoms with Gasteiger partial charge in [0.1, 0.15) is 5.15 Å². The third kappa shape index (κ3) is 3.17. The summed E-state index contributed by atoms with van der Waals surface area (Å²) in [6.45, 7) is 3.20. The lowest BCUT2D eigenvalue weighted by Crippen LogP contribution is -2.43. The molecule has 0 saturated carbocycles. The number of rotatable bonds is 3. The highest BCUT2D eigenvalue weighted by Crippen LogP contribution is 2.13. The summed E-state index contributed by atoms with van der Waals surface area (Å²) < 4.78 is 0. The largest absolute Gasteiger partial charge is 0.315 e. The Kier molecular flexibility index (Phi) is 4.16. The fourth-order valence-corrected chi connectivity index (χ4v) is 2.24. The molecule has 1 N–H and O–H groups in total. The average Bonchev–Trinajstić information content (AvgIpc) is 2.33. The minimum Gasteiger partial charge on any atom is -0.315 e. The van der Waals surface area contributed by atoms with Crippen LogP contribution < -0.4 is 5.32 Å². The molecule has 1 aliphatic rings. The van der Waals surface area contributed by atoms with E-state index in [4.69, 9.17) is 11.6 Å². The molecule has 1 atom stereocenters. The van der Waals surface area contributed by atoms with Gasteiger partial charge in [0, 0.05) is 25.3 Å². The zero-order valence-electron chi connectivity index (χ0n) is 9.62. The minimum absolute atomic E-state index is 0.561. The van der Waals surface area contributed by atoms with Crippen LogP contribution in [0, 0.1) is 0 Å². The summed E-state index contributed by atoms with van der Waals surface area (Å²) >= 11 is 5.76.